The minimum Gasteiger partial charge on any atom is -0.309 e. The van der Waals surface area contributed by atoms with Gasteiger partial charge in [0.1, 0.15) is 5.82 Å². The summed E-state index contributed by atoms with van der Waals surface area (Å²) in [5, 5.41) is 7.66. The van der Waals surface area contributed by atoms with E-state index in [4.69, 9.17) is 9.97 Å². The van der Waals surface area contributed by atoms with Gasteiger partial charge >= 0.3 is 0 Å². The van der Waals surface area contributed by atoms with Crippen LogP contribution < -0.4 is 0 Å². The Morgan fingerprint density at radius 2 is 0.675 bits per heavy atom. The molecule has 0 N–H and O–H groups in total. The zero-order valence-electron chi connectivity index (χ0n) is 47.0. The van der Waals surface area contributed by atoms with Gasteiger partial charge < -0.3 is 13.7 Å². The molecule has 0 atom stereocenters. The van der Waals surface area contributed by atoms with Gasteiger partial charge in [0.25, 0.3) is 0 Å². The molecule has 378 valence electrons. The number of benzene rings is 9. The summed E-state index contributed by atoms with van der Waals surface area (Å²) in [6.07, 6.45) is 0. The van der Waals surface area contributed by atoms with Crippen molar-refractivity contribution in [3.8, 4) is 50.6 Å². The molecule has 5 nitrogen and oxygen atoms in total. The Morgan fingerprint density at radius 3 is 1.05 bits per heavy atom. The highest BCUT2D eigenvalue weighted by atomic mass is 15.0. The van der Waals surface area contributed by atoms with Crippen molar-refractivity contribution >= 4 is 65.4 Å². The topological polar surface area (TPSA) is 40.6 Å². The summed E-state index contributed by atoms with van der Waals surface area (Å²) in [6.45, 7) is 31.6. The maximum absolute atomic E-state index is 5.27. The van der Waals surface area contributed by atoms with Crippen molar-refractivity contribution < 1.29 is 0 Å². The molecule has 77 heavy (non-hydrogen) atoms. The SMILES string of the molecule is Cc1ccc2c(c1)c1cc(C)ccc1n2-c1ccccc1-c1cc(-c2cc(C)nc(C)n2)cc(-c2ccccc2-n2c3ccc(C)cc3c3cc(C)ccc32)c1-n1c2c(C)c(C)c(C)c(C)c2c2c(C)c(C)c(C)c(C)c21. The van der Waals surface area contributed by atoms with Crippen LogP contribution >= 0.6 is 0 Å². The third-order valence-corrected chi connectivity index (χ3v) is 17.6. The van der Waals surface area contributed by atoms with E-state index in [2.05, 4.69) is 243 Å². The summed E-state index contributed by atoms with van der Waals surface area (Å²) < 4.78 is 7.74. The first-order chi connectivity index (χ1) is 37.0. The molecule has 0 aliphatic carbocycles. The number of hydrogen-bond donors (Lipinski definition) is 0. The second-order valence-corrected chi connectivity index (χ2v) is 22.4. The molecular formula is C72H65N5. The number of nitrogens with zero attached hydrogens (tertiary/aromatic N) is 5. The molecular weight excluding hydrogens is 935 g/mol. The molecule has 13 aromatic rings. The monoisotopic (exact) mass is 1000 g/mol. The molecule has 13 rings (SSSR count). The fourth-order valence-corrected chi connectivity index (χ4v) is 13.2. The summed E-state index contributed by atoms with van der Waals surface area (Å²) in [4.78, 5) is 10.1. The highest BCUT2D eigenvalue weighted by Gasteiger charge is 2.30. The van der Waals surface area contributed by atoms with Gasteiger partial charge in [0.05, 0.1) is 55.9 Å². The third-order valence-electron chi connectivity index (χ3n) is 17.6. The van der Waals surface area contributed by atoms with Gasteiger partial charge in [-0.05, 0) is 220 Å². The van der Waals surface area contributed by atoms with Crippen LogP contribution in [0.4, 0.5) is 0 Å². The number of aromatic nitrogens is 5. The molecule has 0 aliphatic heterocycles. The number of hydrogen-bond acceptors (Lipinski definition) is 2. The van der Waals surface area contributed by atoms with Crippen LogP contribution in [0.2, 0.25) is 0 Å². The van der Waals surface area contributed by atoms with Crippen LogP contribution in [0.1, 0.15) is 78.3 Å². The summed E-state index contributed by atoms with van der Waals surface area (Å²) in [5.74, 6) is 0.746. The second kappa shape index (κ2) is 17.5. The Balaban J connectivity index is 1.29. The molecule has 4 aromatic heterocycles. The molecule has 0 radical (unpaired) electrons. The van der Waals surface area contributed by atoms with Crippen LogP contribution in [0.5, 0.6) is 0 Å². The quantitative estimate of drug-likeness (QED) is 0.167. The summed E-state index contributed by atoms with van der Waals surface area (Å²) in [5.41, 5.74) is 33.5. The molecule has 0 saturated heterocycles. The molecule has 0 aliphatic rings. The predicted molar refractivity (Wildman–Crippen MR) is 328 cm³/mol. The summed E-state index contributed by atoms with van der Waals surface area (Å²) in [6, 6.07) is 53.0. The van der Waals surface area contributed by atoms with Crippen molar-refractivity contribution in [2.45, 2.75) is 96.9 Å². The number of fused-ring (bicyclic) bond motifs is 9. The fraction of sp³-hybridized carbons (Fsp3) is 0.194. The Bertz CT molecular complexity index is 4310. The van der Waals surface area contributed by atoms with Crippen LogP contribution in [-0.2, 0) is 0 Å². The Morgan fingerprint density at radius 1 is 0.312 bits per heavy atom. The number of aryl methyl sites for hydroxylation is 10. The fourth-order valence-electron chi connectivity index (χ4n) is 13.2. The van der Waals surface area contributed by atoms with E-state index >= 15 is 0 Å². The minimum absolute atomic E-state index is 0.746. The molecule has 0 bridgehead atoms. The Kier molecular flexibility index (Phi) is 10.9. The molecule has 0 unspecified atom stereocenters. The third kappa shape index (κ3) is 7.12. The molecule has 0 spiro atoms. The summed E-state index contributed by atoms with van der Waals surface area (Å²) in [7, 11) is 0. The van der Waals surface area contributed by atoms with Crippen molar-refractivity contribution in [2.24, 2.45) is 0 Å². The Hall–Kier alpha value is -8.54. The lowest BCUT2D eigenvalue weighted by atomic mass is 9.89. The van der Waals surface area contributed by atoms with Gasteiger partial charge in [-0.2, -0.15) is 0 Å². The van der Waals surface area contributed by atoms with Gasteiger partial charge in [-0.25, -0.2) is 9.97 Å². The molecule has 0 amide bonds. The molecule has 9 aromatic carbocycles. The smallest absolute Gasteiger partial charge is 0.126 e. The van der Waals surface area contributed by atoms with Crippen molar-refractivity contribution in [3.63, 3.8) is 0 Å². The van der Waals surface area contributed by atoms with Gasteiger partial charge in [0, 0.05) is 65.8 Å². The van der Waals surface area contributed by atoms with Crippen molar-refractivity contribution in [2.75, 3.05) is 0 Å². The van der Waals surface area contributed by atoms with E-state index < -0.39 is 0 Å². The van der Waals surface area contributed by atoms with E-state index in [1.807, 2.05) is 6.92 Å². The van der Waals surface area contributed by atoms with E-state index in [1.165, 1.54) is 132 Å². The molecule has 0 saturated carbocycles. The van der Waals surface area contributed by atoms with E-state index in [-0.39, 0.29) is 0 Å². The first-order valence-electron chi connectivity index (χ1n) is 27.2. The van der Waals surface area contributed by atoms with Crippen LogP contribution in [0.15, 0.2) is 140 Å². The average molecular weight is 1000 g/mol. The van der Waals surface area contributed by atoms with Crippen molar-refractivity contribution in [1.29, 1.82) is 0 Å². The predicted octanol–water partition coefficient (Wildman–Crippen LogP) is 19.1. The van der Waals surface area contributed by atoms with Gasteiger partial charge in [0.15, 0.2) is 0 Å². The standard InChI is InChI=1S/C72H65N5/c1-38-23-27-64-55(31-38)56-32-39(2)24-28-65(56)75(64)62-21-17-15-19-53(62)59-36-52(61-35-42(5)73-51(14)74-61)37-60(54-20-16-18-22-63(54)76-66-29-25-40(3)33-57(66)58-34-41(4)26-30-67(58)76)72(59)77-70-49(12)45(8)43(6)47(10)68(70)69-48(11)44(7)46(9)50(13)71(69)77/h15-37H,1-14H3. The van der Waals surface area contributed by atoms with Gasteiger partial charge in [-0.15, -0.1) is 0 Å². The highest BCUT2D eigenvalue weighted by Crippen LogP contribution is 2.51. The normalized spacial score (nSPS) is 12.0. The average Bonchev–Trinajstić information content (AvgIpc) is 4.25. The minimum atomic E-state index is 0.746. The second-order valence-electron chi connectivity index (χ2n) is 22.4. The van der Waals surface area contributed by atoms with E-state index in [0.717, 1.165) is 62.1 Å². The van der Waals surface area contributed by atoms with Crippen LogP contribution in [0, 0.1) is 96.9 Å². The Labute approximate surface area is 452 Å². The highest BCUT2D eigenvalue weighted by molar-refractivity contribution is 6.18. The zero-order valence-corrected chi connectivity index (χ0v) is 47.0. The number of para-hydroxylation sites is 2. The van der Waals surface area contributed by atoms with Crippen molar-refractivity contribution in [1.82, 2.24) is 23.7 Å². The maximum atomic E-state index is 5.27. The largest absolute Gasteiger partial charge is 0.309 e. The first-order valence-corrected chi connectivity index (χ1v) is 27.2. The van der Waals surface area contributed by atoms with E-state index in [9.17, 15) is 0 Å². The van der Waals surface area contributed by atoms with E-state index in [0.29, 0.717) is 0 Å². The zero-order chi connectivity index (χ0) is 53.6. The van der Waals surface area contributed by atoms with Crippen LogP contribution in [0.3, 0.4) is 0 Å². The van der Waals surface area contributed by atoms with Gasteiger partial charge in [0.2, 0.25) is 0 Å². The number of rotatable bonds is 6. The van der Waals surface area contributed by atoms with Crippen LogP contribution in [-0.4, -0.2) is 23.7 Å². The first kappa shape index (κ1) is 48.1. The molecule has 4 heterocycles. The molecule has 0 fully saturated rings. The maximum Gasteiger partial charge on any atom is 0.126 e. The lowest BCUT2D eigenvalue weighted by Crippen LogP contribution is -2.08. The lowest BCUT2D eigenvalue weighted by Gasteiger charge is -2.26. The lowest BCUT2D eigenvalue weighted by molar-refractivity contribution is 1.02. The molecule has 5 heteroatoms. The van der Waals surface area contributed by atoms with Crippen molar-refractivity contribution in [3.05, 3.63) is 218 Å². The van der Waals surface area contributed by atoms with Gasteiger partial charge in [-0.3, -0.25) is 0 Å². The van der Waals surface area contributed by atoms with Gasteiger partial charge in [-0.1, -0.05) is 82.9 Å². The van der Waals surface area contributed by atoms with E-state index in [1.54, 1.807) is 0 Å². The summed E-state index contributed by atoms with van der Waals surface area (Å²) >= 11 is 0. The van der Waals surface area contributed by atoms with Crippen LogP contribution in [0.25, 0.3) is 116 Å².